The lowest BCUT2D eigenvalue weighted by molar-refractivity contribution is -0.138. The predicted octanol–water partition coefficient (Wildman–Crippen LogP) is 2.39. The number of carbonyl (C=O) groups is 3. The van der Waals surface area contributed by atoms with Crippen molar-refractivity contribution in [2.75, 3.05) is 18.6 Å². The Morgan fingerprint density at radius 1 is 0.974 bits per heavy atom. The SMILES string of the molecule is COC(=O)C1=C(N)Oc2c(c(-c3ccccc3)nn2-c2ccccc2)[C@]12C(=O)N(CC(N)=O)c1ccccc12. The molecule has 1 aromatic heterocycles. The van der Waals surface area contributed by atoms with Crippen molar-refractivity contribution in [3.8, 4) is 22.8 Å². The monoisotopic (exact) mass is 521 g/mol. The summed E-state index contributed by atoms with van der Waals surface area (Å²) >= 11 is 0. The molecule has 0 saturated heterocycles. The molecule has 194 valence electrons. The highest BCUT2D eigenvalue weighted by atomic mass is 16.5. The van der Waals surface area contributed by atoms with Gasteiger partial charge < -0.3 is 25.8 Å². The van der Waals surface area contributed by atoms with Crippen molar-refractivity contribution in [3.05, 3.63) is 108 Å². The summed E-state index contributed by atoms with van der Waals surface area (Å²) in [6.07, 6.45) is 0. The van der Waals surface area contributed by atoms with Crippen molar-refractivity contribution in [1.82, 2.24) is 9.78 Å². The third-order valence-corrected chi connectivity index (χ3v) is 6.96. The number of ether oxygens (including phenoxy) is 2. The second-order valence-corrected chi connectivity index (χ2v) is 9.10. The number of primary amides is 1. The van der Waals surface area contributed by atoms with Gasteiger partial charge in [-0.3, -0.25) is 9.59 Å². The van der Waals surface area contributed by atoms with Crippen LogP contribution < -0.4 is 21.1 Å². The number of nitrogens with two attached hydrogens (primary N) is 2. The van der Waals surface area contributed by atoms with Crippen LogP contribution in [0.5, 0.6) is 5.88 Å². The minimum Gasteiger partial charge on any atom is -0.465 e. The minimum atomic E-state index is -1.84. The molecule has 3 aromatic carbocycles. The molecule has 1 spiro atoms. The van der Waals surface area contributed by atoms with Gasteiger partial charge in [-0.2, -0.15) is 9.78 Å². The van der Waals surface area contributed by atoms with Gasteiger partial charge >= 0.3 is 5.97 Å². The van der Waals surface area contributed by atoms with Crippen LogP contribution in [0, 0.1) is 0 Å². The molecule has 0 aliphatic carbocycles. The van der Waals surface area contributed by atoms with E-state index in [1.165, 1.54) is 12.0 Å². The van der Waals surface area contributed by atoms with Crippen LogP contribution >= 0.6 is 0 Å². The molecule has 4 aromatic rings. The molecule has 3 heterocycles. The summed E-state index contributed by atoms with van der Waals surface area (Å²) in [4.78, 5) is 41.5. The third kappa shape index (κ3) is 3.35. The average molecular weight is 522 g/mol. The lowest BCUT2D eigenvalue weighted by Gasteiger charge is -2.34. The fourth-order valence-electron chi connectivity index (χ4n) is 5.45. The molecule has 2 amide bonds. The van der Waals surface area contributed by atoms with Crippen LogP contribution in [0.2, 0.25) is 0 Å². The van der Waals surface area contributed by atoms with Gasteiger partial charge in [-0.15, -0.1) is 0 Å². The van der Waals surface area contributed by atoms with E-state index >= 15 is 0 Å². The van der Waals surface area contributed by atoms with E-state index in [9.17, 15) is 14.4 Å². The number of carbonyl (C=O) groups excluding carboxylic acids is 3. The predicted molar refractivity (Wildman–Crippen MR) is 142 cm³/mol. The lowest BCUT2D eigenvalue weighted by atomic mass is 9.68. The van der Waals surface area contributed by atoms with Crippen LogP contribution in [0.25, 0.3) is 16.9 Å². The van der Waals surface area contributed by atoms with Crippen LogP contribution in [0.15, 0.2) is 96.4 Å². The van der Waals surface area contributed by atoms with Gasteiger partial charge in [0.25, 0.3) is 0 Å². The summed E-state index contributed by atoms with van der Waals surface area (Å²) in [6.45, 7) is -0.407. The van der Waals surface area contributed by atoms with Gasteiger partial charge in [0, 0.05) is 16.8 Å². The van der Waals surface area contributed by atoms with Crippen LogP contribution in [-0.4, -0.2) is 41.2 Å². The van der Waals surface area contributed by atoms with Crippen molar-refractivity contribution in [2.45, 2.75) is 5.41 Å². The van der Waals surface area contributed by atoms with E-state index in [1.807, 2.05) is 60.7 Å². The molecule has 0 fully saturated rings. The highest BCUT2D eigenvalue weighted by Crippen LogP contribution is 2.58. The number of para-hydroxylation sites is 2. The van der Waals surface area contributed by atoms with E-state index in [-0.39, 0.29) is 17.3 Å². The van der Waals surface area contributed by atoms with Gasteiger partial charge in [0.2, 0.25) is 23.6 Å². The standard InChI is InChI=1S/C29H23N5O5/c1-38-27(36)23-25(31)39-26-22(29(23)19-14-8-9-15-20(19)33(28(29)37)16-21(30)35)24(17-10-4-2-5-11-17)32-34(26)18-12-6-3-7-13-18/h2-15H,16,31H2,1H3,(H2,30,35)/t29-/m0/s1. The summed E-state index contributed by atoms with van der Waals surface area (Å²) in [5, 5.41) is 4.89. The van der Waals surface area contributed by atoms with E-state index in [1.54, 1.807) is 28.9 Å². The highest BCUT2D eigenvalue weighted by molar-refractivity contribution is 6.20. The van der Waals surface area contributed by atoms with Crippen molar-refractivity contribution in [1.29, 1.82) is 0 Å². The molecule has 2 aliphatic rings. The normalized spacial score (nSPS) is 17.6. The molecule has 4 N–H and O–H groups in total. The zero-order valence-corrected chi connectivity index (χ0v) is 20.8. The first-order valence-electron chi connectivity index (χ1n) is 12.1. The van der Waals surface area contributed by atoms with Crippen LogP contribution in [0.3, 0.4) is 0 Å². The molecule has 10 heteroatoms. The van der Waals surface area contributed by atoms with Gasteiger partial charge in [-0.1, -0.05) is 66.7 Å². The average Bonchev–Trinajstić information content (AvgIpc) is 3.44. The summed E-state index contributed by atoms with van der Waals surface area (Å²) in [7, 11) is 1.20. The van der Waals surface area contributed by atoms with Crippen molar-refractivity contribution < 1.29 is 23.9 Å². The van der Waals surface area contributed by atoms with Crippen LogP contribution in [0.4, 0.5) is 5.69 Å². The number of anilines is 1. The van der Waals surface area contributed by atoms with Crippen molar-refractivity contribution in [3.63, 3.8) is 0 Å². The Balaban J connectivity index is 1.78. The number of esters is 1. The minimum absolute atomic E-state index is 0.161. The molecule has 10 nitrogen and oxygen atoms in total. The van der Waals surface area contributed by atoms with Gasteiger partial charge in [0.05, 0.1) is 18.4 Å². The van der Waals surface area contributed by atoms with Gasteiger partial charge in [-0.25, -0.2) is 4.79 Å². The highest BCUT2D eigenvalue weighted by Gasteiger charge is 2.63. The zero-order valence-electron chi connectivity index (χ0n) is 20.8. The van der Waals surface area contributed by atoms with E-state index in [2.05, 4.69) is 0 Å². The number of benzene rings is 3. The number of aromatic nitrogens is 2. The topological polar surface area (TPSA) is 143 Å². The first-order valence-corrected chi connectivity index (χ1v) is 12.1. The van der Waals surface area contributed by atoms with Crippen LogP contribution in [0.1, 0.15) is 11.1 Å². The largest absolute Gasteiger partial charge is 0.465 e. The van der Waals surface area contributed by atoms with Gasteiger partial charge in [0.15, 0.2) is 0 Å². The van der Waals surface area contributed by atoms with Crippen molar-refractivity contribution in [2.24, 2.45) is 11.5 Å². The summed E-state index contributed by atoms with van der Waals surface area (Å²) < 4.78 is 12.8. The zero-order chi connectivity index (χ0) is 27.3. The Labute approximate surface area is 223 Å². The lowest BCUT2D eigenvalue weighted by Crippen LogP contribution is -2.50. The molecule has 0 radical (unpaired) electrons. The van der Waals surface area contributed by atoms with E-state index in [0.29, 0.717) is 33.8 Å². The number of hydrogen-bond donors (Lipinski definition) is 2. The summed E-state index contributed by atoms with van der Waals surface area (Å²) in [5.41, 5.74) is 12.8. The second-order valence-electron chi connectivity index (χ2n) is 9.10. The molecular formula is C29H23N5O5. The Kier molecular flexibility index (Phi) is 5.46. The fourth-order valence-corrected chi connectivity index (χ4v) is 5.45. The summed E-state index contributed by atoms with van der Waals surface area (Å²) in [5.74, 6) is -2.32. The third-order valence-electron chi connectivity index (χ3n) is 6.96. The number of rotatable bonds is 5. The number of hydrogen-bond acceptors (Lipinski definition) is 7. The summed E-state index contributed by atoms with van der Waals surface area (Å²) in [6, 6.07) is 25.3. The van der Waals surface area contributed by atoms with E-state index in [4.69, 9.17) is 26.0 Å². The molecule has 39 heavy (non-hydrogen) atoms. The quantitative estimate of drug-likeness (QED) is 0.384. The Morgan fingerprint density at radius 2 is 1.62 bits per heavy atom. The smallest absolute Gasteiger partial charge is 0.340 e. The number of methoxy groups -OCH3 is 1. The Morgan fingerprint density at radius 3 is 2.28 bits per heavy atom. The second kappa shape index (κ2) is 8.88. The van der Waals surface area contributed by atoms with Gasteiger partial charge in [0.1, 0.15) is 23.2 Å². The maximum atomic E-state index is 14.7. The van der Waals surface area contributed by atoms with Gasteiger partial charge in [-0.05, 0) is 18.2 Å². The maximum absolute atomic E-state index is 14.7. The van der Waals surface area contributed by atoms with Crippen LogP contribution in [-0.2, 0) is 24.5 Å². The molecule has 0 unspecified atom stereocenters. The molecule has 6 rings (SSSR count). The fraction of sp³-hybridized carbons (Fsp3) is 0.103. The van der Waals surface area contributed by atoms with Crippen molar-refractivity contribution >= 4 is 23.5 Å². The number of fused-ring (bicyclic) bond motifs is 4. The molecule has 0 saturated carbocycles. The number of amides is 2. The molecule has 1 atom stereocenters. The number of nitrogens with zero attached hydrogens (tertiary/aromatic N) is 3. The first-order chi connectivity index (χ1) is 18.9. The maximum Gasteiger partial charge on any atom is 0.340 e. The molecule has 2 aliphatic heterocycles. The van der Waals surface area contributed by atoms with E-state index < -0.39 is 29.7 Å². The first kappa shape index (κ1) is 24.0. The Hall–Kier alpha value is -5.38. The Bertz CT molecular complexity index is 1680. The molecular weight excluding hydrogens is 498 g/mol. The molecule has 0 bridgehead atoms. The van der Waals surface area contributed by atoms with E-state index in [0.717, 1.165) is 0 Å².